The van der Waals surface area contributed by atoms with Crippen LogP contribution >= 0.6 is 0 Å². The molecule has 1 fully saturated rings. The summed E-state index contributed by atoms with van der Waals surface area (Å²) < 4.78 is 56.2. The Hall–Kier alpha value is -3.21. The summed E-state index contributed by atoms with van der Waals surface area (Å²) in [4.78, 5) is 30.7. The molecular weight excluding hydrogens is 432 g/mol. The topological polar surface area (TPSA) is 97.5 Å². The number of aromatic nitrogens is 1. The van der Waals surface area contributed by atoms with E-state index in [4.69, 9.17) is 5.73 Å². The number of carbonyl (C=O) groups is 2. The molecule has 32 heavy (non-hydrogen) atoms. The second kappa shape index (κ2) is 9.11. The van der Waals surface area contributed by atoms with Crippen molar-refractivity contribution in [3.8, 4) is 0 Å². The molecule has 3 atom stereocenters. The molecule has 0 radical (unpaired) electrons. The van der Waals surface area contributed by atoms with E-state index in [-0.39, 0.29) is 24.5 Å². The SMILES string of the molecule is Cc1cc(NC(=O)C(=O)N2C[C@H](C)[C@H](OC(F)(F)F)C[C@H]2c2ccc(F)cc2)cnc1N. The fraction of sp³-hybridized carbons (Fsp3) is 0.381. The van der Waals surface area contributed by atoms with E-state index >= 15 is 0 Å². The fourth-order valence-electron chi connectivity index (χ4n) is 3.66. The molecule has 3 N–H and O–H groups in total. The van der Waals surface area contributed by atoms with Gasteiger partial charge in [0.05, 0.1) is 24.0 Å². The second-order valence-electron chi connectivity index (χ2n) is 7.72. The first kappa shape index (κ1) is 23.5. The van der Waals surface area contributed by atoms with Crippen LogP contribution < -0.4 is 11.1 Å². The number of nitrogens with zero attached hydrogens (tertiary/aromatic N) is 2. The third-order valence-corrected chi connectivity index (χ3v) is 5.32. The number of halogens is 4. The third-order valence-electron chi connectivity index (χ3n) is 5.32. The summed E-state index contributed by atoms with van der Waals surface area (Å²) >= 11 is 0. The smallest absolute Gasteiger partial charge is 0.383 e. The zero-order valence-corrected chi connectivity index (χ0v) is 17.3. The van der Waals surface area contributed by atoms with E-state index in [0.29, 0.717) is 11.1 Å². The highest BCUT2D eigenvalue weighted by Crippen LogP contribution is 2.37. The van der Waals surface area contributed by atoms with Gasteiger partial charge in [0, 0.05) is 12.5 Å². The van der Waals surface area contributed by atoms with E-state index in [0.717, 1.165) is 12.1 Å². The molecule has 1 aliphatic heterocycles. The summed E-state index contributed by atoms with van der Waals surface area (Å²) in [6.45, 7) is 3.02. The maximum atomic E-state index is 13.4. The van der Waals surface area contributed by atoms with Crippen molar-refractivity contribution in [2.24, 2.45) is 5.92 Å². The largest absolute Gasteiger partial charge is 0.522 e. The first-order chi connectivity index (χ1) is 14.9. The lowest BCUT2D eigenvalue weighted by molar-refractivity contribution is -0.352. The molecule has 1 aromatic heterocycles. The van der Waals surface area contributed by atoms with E-state index in [9.17, 15) is 27.2 Å². The van der Waals surface area contributed by atoms with Crippen LogP contribution in [0.15, 0.2) is 36.5 Å². The highest BCUT2D eigenvalue weighted by atomic mass is 19.4. The standard InChI is InChI=1S/C21H22F4N4O3/c1-11-7-15(9-27-18(11)26)28-19(30)20(31)29-10-12(2)17(32-21(23,24)25)8-16(29)13-3-5-14(22)6-4-13/h3-7,9,12,16-17H,8,10H2,1-2H3,(H2,26,27)(H,28,30)/t12-,16-,17+/m0/s1. The second-order valence-corrected chi connectivity index (χ2v) is 7.72. The number of carbonyl (C=O) groups excluding carboxylic acids is 2. The first-order valence-corrected chi connectivity index (χ1v) is 9.78. The molecule has 0 unspecified atom stereocenters. The van der Waals surface area contributed by atoms with Crippen molar-refractivity contribution in [1.82, 2.24) is 9.88 Å². The zero-order chi connectivity index (χ0) is 23.6. The van der Waals surface area contributed by atoms with Crippen LogP contribution in [0, 0.1) is 18.7 Å². The molecule has 172 valence electrons. The summed E-state index contributed by atoms with van der Waals surface area (Å²) in [6.07, 6.45) is -5.01. The van der Waals surface area contributed by atoms with Gasteiger partial charge in [0.25, 0.3) is 0 Å². The zero-order valence-electron chi connectivity index (χ0n) is 17.3. The summed E-state index contributed by atoms with van der Waals surface area (Å²) in [6, 6.07) is 5.63. The summed E-state index contributed by atoms with van der Waals surface area (Å²) in [5.74, 6) is -2.89. The Labute approximate surface area is 181 Å². The van der Waals surface area contributed by atoms with Crippen molar-refractivity contribution < 1.29 is 31.9 Å². The lowest BCUT2D eigenvalue weighted by Gasteiger charge is -2.42. The van der Waals surface area contributed by atoms with Gasteiger partial charge < -0.3 is 16.0 Å². The number of hydrogen-bond acceptors (Lipinski definition) is 5. The van der Waals surface area contributed by atoms with Crippen LogP contribution in [0.1, 0.15) is 30.5 Å². The van der Waals surface area contributed by atoms with Gasteiger partial charge in [-0.3, -0.25) is 14.3 Å². The van der Waals surface area contributed by atoms with Crippen molar-refractivity contribution in [1.29, 1.82) is 0 Å². The maximum Gasteiger partial charge on any atom is 0.522 e. The van der Waals surface area contributed by atoms with E-state index in [1.165, 1.54) is 36.2 Å². The minimum absolute atomic E-state index is 0.159. The predicted molar refractivity (Wildman–Crippen MR) is 108 cm³/mol. The van der Waals surface area contributed by atoms with Crippen LogP contribution in [0.2, 0.25) is 0 Å². The van der Waals surface area contributed by atoms with Gasteiger partial charge in [-0.25, -0.2) is 9.37 Å². The highest BCUT2D eigenvalue weighted by molar-refractivity contribution is 6.39. The van der Waals surface area contributed by atoms with Crippen LogP contribution in [-0.2, 0) is 14.3 Å². The molecule has 11 heteroatoms. The monoisotopic (exact) mass is 454 g/mol. The Kier molecular flexibility index (Phi) is 6.68. The van der Waals surface area contributed by atoms with E-state index in [2.05, 4.69) is 15.0 Å². The maximum absolute atomic E-state index is 13.4. The number of anilines is 2. The lowest BCUT2D eigenvalue weighted by atomic mass is 9.87. The van der Waals surface area contributed by atoms with Gasteiger partial charge in [-0.05, 0) is 42.7 Å². The normalized spacial score (nSPS) is 21.3. The number of nitrogens with one attached hydrogen (secondary N) is 1. The Bertz CT molecular complexity index is 998. The number of alkyl halides is 3. The molecule has 1 saturated heterocycles. The molecule has 3 rings (SSSR count). The van der Waals surface area contributed by atoms with Crippen molar-refractivity contribution in [2.75, 3.05) is 17.6 Å². The van der Waals surface area contributed by atoms with E-state index in [1.807, 2.05) is 0 Å². The number of benzene rings is 1. The number of likely N-dealkylation sites (tertiary alicyclic amines) is 1. The quantitative estimate of drug-likeness (QED) is 0.546. The number of amides is 2. The van der Waals surface area contributed by atoms with Crippen molar-refractivity contribution in [3.63, 3.8) is 0 Å². The molecule has 0 spiro atoms. The van der Waals surface area contributed by atoms with Crippen LogP contribution in [0.4, 0.5) is 29.1 Å². The predicted octanol–water partition coefficient (Wildman–Crippen LogP) is 3.56. The molecule has 0 aliphatic carbocycles. The van der Waals surface area contributed by atoms with Gasteiger partial charge >= 0.3 is 18.2 Å². The molecular formula is C21H22F4N4O3. The first-order valence-electron chi connectivity index (χ1n) is 9.78. The van der Waals surface area contributed by atoms with Gasteiger partial charge in [-0.15, -0.1) is 13.2 Å². The fourth-order valence-corrected chi connectivity index (χ4v) is 3.66. The van der Waals surface area contributed by atoms with E-state index < -0.39 is 42.1 Å². The minimum atomic E-state index is -4.85. The summed E-state index contributed by atoms with van der Waals surface area (Å²) in [5, 5.41) is 2.43. The van der Waals surface area contributed by atoms with Crippen molar-refractivity contribution >= 4 is 23.3 Å². The Morgan fingerprint density at radius 1 is 1.25 bits per heavy atom. The molecule has 1 aromatic carbocycles. The van der Waals surface area contributed by atoms with Gasteiger partial charge in [0.2, 0.25) is 0 Å². The molecule has 2 aromatic rings. The third kappa shape index (κ3) is 5.52. The molecule has 0 saturated carbocycles. The van der Waals surface area contributed by atoms with Gasteiger partial charge in [-0.2, -0.15) is 0 Å². The van der Waals surface area contributed by atoms with Crippen LogP contribution in [0.25, 0.3) is 0 Å². The molecule has 7 nitrogen and oxygen atoms in total. The van der Waals surface area contributed by atoms with Crippen molar-refractivity contribution in [2.45, 2.75) is 38.8 Å². The Balaban J connectivity index is 1.85. The van der Waals surface area contributed by atoms with Crippen molar-refractivity contribution in [3.05, 3.63) is 53.5 Å². The average Bonchev–Trinajstić information content (AvgIpc) is 2.71. The number of ether oxygens (including phenoxy) is 1. The number of nitrogen functional groups attached to an aromatic ring is 1. The minimum Gasteiger partial charge on any atom is -0.383 e. The number of aryl methyl sites for hydroxylation is 1. The van der Waals surface area contributed by atoms with Gasteiger partial charge in [-0.1, -0.05) is 19.1 Å². The highest BCUT2D eigenvalue weighted by Gasteiger charge is 2.44. The molecule has 2 amide bonds. The Morgan fingerprint density at radius 2 is 1.91 bits per heavy atom. The molecule has 1 aliphatic rings. The van der Waals surface area contributed by atoms with Gasteiger partial charge in [0.1, 0.15) is 11.6 Å². The van der Waals surface area contributed by atoms with Crippen LogP contribution in [0.5, 0.6) is 0 Å². The summed E-state index contributed by atoms with van der Waals surface area (Å²) in [5.41, 5.74) is 6.88. The van der Waals surface area contributed by atoms with Crippen LogP contribution in [0.3, 0.4) is 0 Å². The number of piperidine rings is 1. The Morgan fingerprint density at radius 3 is 2.50 bits per heavy atom. The number of nitrogens with two attached hydrogens (primary N) is 1. The molecule has 2 heterocycles. The number of hydrogen-bond donors (Lipinski definition) is 2. The van der Waals surface area contributed by atoms with E-state index in [1.54, 1.807) is 6.92 Å². The van der Waals surface area contributed by atoms with Gasteiger partial charge in [0.15, 0.2) is 0 Å². The lowest BCUT2D eigenvalue weighted by Crippen LogP contribution is -2.51. The van der Waals surface area contributed by atoms with Crippen LogP contribution in [-0.4, -0.2) is 40.7 Å². The number of pyridine rings is 1. The molecule has 0 bridgehead atoms. The average molecular weight is 454 g/mol. The number of rotatable bonds is 3. The summed E-state index contributed by atoms with van der Waals surface area (Å²) in [7, 11) is 0.